The van der Waals surface area contributed by atoms with Crippen molar-refractivity contribution in [2.24, 2.45) is 11.8 Å². The van der Waals surface area contributed by atoms with Gasteiger partial charge >= 0.3 is 5.97 Å². The molecular formula is C9H19NO2. The highest BCUT2D eigenvalue weighted by Gasteiger charge is 2.20. The molecule has 0 bridgehead atoms. The Bertz CT molecular complexity index is 143. The van der Waals surface area contributed by atoms with Crippen molar-refractivity contribution in [3.63, 3.8) is 0 Å². The SMILES string of the molecule is CC(C)CN[C@H](C(=O)O)C(C)C. The molecule has 3 heteroatoms. The van der Waals surface area contributed by atoms with Crippen molar-refractivity contribution in [3.8, 4) is 0 Å². The third-order valence-corrected chi connectivity index (χ3v) is 1.68. The van der Waals surface area contributed by atoms with Crippen molar-refractivity contribution in [3.05, 3.63) is 0 Å². The zero-order chi connectivity index (χ0) is 9.72. The number of carboxylic acids is 1. The molecule has 0 rings (SSSR count). The summed E-state index contributed by atoms with van der Waals surface area (Å²) in [4.78, 5) is 10.7. The lowest BCUT2D eigenvalue weighted by atomic mass is 10.0. The highest BCUT2D eigenvalue weighted by atomic mass is 16.4. The highest BCUT2D eigenvalue weighted by Crippen LogP contribution is 2.02. The second-order valence-electron chi connectivity index (χ2n) is 3.86. The Hall–Kier alpha value is -0.570. The number of carboxylic acid groups (broad SMARTS) is 1. The maximum Gasteiger partial charge on any atom is 0.320 e. The van der Waals surface area contributed by atoms with Gasteiger partial charge in [-0.15, -0.1) is 0 Å². The van der Waals surface area contributed by atoms with Gasteiger partial charge in [-0.3, -0.25) is 4.79 Å². The molecule has 0 aliphatic rings. The number of nitrogens with one attached hydrogen (secondary N) is 1. The van der Waals surface area contributed by atoms with Gasteiger partial charge in [0.1, 0.15) is 6.04 Å². The standard InChI is InChI=1S/C9H19NO2/c1-6(2)5-10-8(7(3)4)9(11)12/h6-8,10H,5H2,1-4H3,(H,11,12)/t8-/m0/s1. The minimum Gasteiger partial charge on any atom is -0.480 e. The van der Waals surface area contributed by atoms with Crippen LogP contribution in [0, 0.1) is 11.8 Å². The maximum atomic E-state index is 10.7. The summed E-state index contributed by atoms with van der Waals surface area (Å²) in [6, 6.07) is -0.410. The molecule has 72 valence electrons. The summed E-state index contributed by atoms with van der Waals surface area (Å²) in [5, 5.41) is 11.8. The monoisotopic (exact) mass is 173 g/mol. The van der Waals surface area contributed by atoms with Crippen LogP contribution in [0.1, 0.15) is 27.7 Å². The van der Waals surface area contributed by atoms with Gasteiger partial charge in [0.25, 0.3) is 0 Å². The van der Waals surface area contributed by atoms with Crippen LogP contribution in [0.15, 0.2) is 0 Å². The fourth-order valence-electron chi connectivity index (χ4n) is 0.971. The van der Waals surface area contributed by atoms with E-state index in [2.05, 4.69) is 19.2 Å². The van der Waals surface area contributed by atoms with Gasteiger partial charge in [0, 0.05) is 0 Å². The molecule has 0 radical (unpaired) electrons. The van der Waals surface area contributed by atoms with E-state index in [1.54, 1.807) is 0 Å². The van der Waals surface area contributed by atoms with Crippen LogP contribution in [0.5, 0.6) is 0 Å². The van der Waals surface area contributed by atoms with Crippen LogP contribution in [0.4, 0.5) is 0 Å². The summed E-state index contributed by atoms with van der Waals surface area (Å²) in [5.41, 5.74) is 0. The lowest BCUT2D eigenvalue weighted by Gasteiger charge is -2.18. The van der Waals surface area contributed by atoms with Crippen LogP contribution in [0.25, 0.3) is 0 Å². The number of hydrogen-bond donors (Lipinski definition) is 2. The number of hydrogen-bond acceptors (Lipinski definition) is 2. The molecule has 12 heavy (non-hydrogen) atoms. The van der Waals surface area contributed by atoms with Crippen molar-refractivity contribution in [1.29, 1.82) is 0 Å². The van der Waals surface area contributed by atoms with Gasteiger partial charge in [-0.25, -0.2) is 0 Å². The van der Waals surface area contributed by atoms with Crippen LogP contribution in [0.3, 0.4) is 0 Å². The molecule has 0 saturated heterocycles. The normalized spacial score (nSPS) is 13.8. The Morgan fingerprint density at radius 2 is 1.83 bits per heavy atom. The summed E-state index contributed by atoms with van der Waals surface area (Å²) < 4.78 is 0. The summed E-state index contributed by atoms with van der Waals surface area (Å²) in [5.74, 6) is -0.127. The lowest BCUT2D eigenvalue weighted by molar-refractivity contribution is -0.140. The first-order valence-corrected chi connectivity index (χ1v) is 4.41. The Morgan fingerprint density at radius 3 is 2.08 bits per heavy atom. The van der Waals surface area contributed by atoms with Crippen LogP contribution in [-0.2, 0) is 4.79 Å². The first-order valence-electron chi connectivity index (χ1n) is 4.41. The molecule has 0 aliphatic carbocycles. The van der Waals surface area contributed by atoms with Crippen molar-refractivity contribution < 1.29 is 9.90 Å². The van der Waals surface area contributed by atoms with Gasteiger partial charge in [-0.1, -0.05) is 27.7 Å². The highest BCUT2D eigenvalue weighted by molar-refractivity contribution is 5.73. The van der Waals surface area contributed by atoms with Crippen LogP contribution in [-0.4, -0.2) is 23.7 Å². The molecule has 3 nitrogen and oxygen atoms in total. The van der Waals surface area contributed by atoms with E-state index in [1.165, 1.54) is 0 Å². The van der Waals surface area contributed by atoms with E-state index in [0.717, 1.165) is 6.54 Å². The van der Waals surface area contributed by atoms with Crippen LogP contribution in [0.2, 0.25) is 0 Å². The lowest BCUT2D eigenvalue weighted by Crippen LogP contribution is -2.42. The molecule has 0 saturated carbocycles. The summed E-state index contributed by atoms with van der Waals surface area (Å²) in [7, 11) is 0. The second-order valence-corrected chi connectivity index (χ2v) is 3.86. The molecule has 0 unspecified atom stereocenters. The molecule has 0 aromatic heterocycles. The first kappa shape index (κ1) is 11.4. The molecule has 0 aliphatic heterocycles. The molecule has 2 N–H and O–H groups in total. The molecular weight excluding hydrogens is 154 g/mol. The van der Waals surface area contributed by atoms with E-state index in [9.17, 15) is 4.79 Å². The van der Waals surface area contributed by atoms with Gasteiger partial charge in [0.2, 0.25) is 0 Å². The van der Waals surface area contributed by atoms with Gasteiger partial charge in [-0.2, -0.15) is 0 Å². The third kappa shape index (κ3) is 4.34. The first-order chi connectivity index (χ1) is 5.45. The summed E-state index contributed by atoms with van der Waals surface area (Å²) in [6.45, 7) is 8.70. The maximum absolute atomic E-state index is 10.7. The Kier molecular flexibility index (Phi) is 4.90. The zero-order valence-electron chi connectivity index (χ0n) is 8.29. The average molecular weight is 173 g/mol. The fourth-order valence-corrected chi connectivity index (χ4v) is 0.971. The number of rotatable bonds is 5. The Balaban J connectivity index is 3.88. The largest absolute Gasteiger partial charge is 0.480 e. The smallest absolute Gasteiger partial charge is 0.320 e. The molecule has 0 aromatic carbocycles. The van der Waals surface area contributed by atoms with Crippen LogP contribution >= 0.6 is 0 Å². The minimum absolute atomic E-state index is 0.140. The van der Waals surface area contributed by atoms with E-state index >= 15 is 0 Å². The number of carbonyl (C=O) groups is 1. The Labute approximate surface area is 74.2 Å². The zero-order valence-corrected chi connectivity index (χ0v) is 8.29. The Morgan fingerprint density at radius 1 is 1.33 bits per heavy atom. The average Bonchev–Trinajstić information content (AvgIpc) is 1.84. The van der Waals surface area contributed by atoms with E-state index in [0.29, 0.717) is 5.92 Å². The second kappa shape index (κ2) is 5.14. The molecule has 0 fully saturated rings. The number of aliphatic carboxylic acids is 1. The van der Waals surface area contributed by atoms with Crippen molar-refractivity contribution in [2.45, 2.75) is 33.7 Å². The van der Waals surface area contributed by atoms with Gasteiger partial charge in [0.05, 0.1) is 0 Å². The van der Waals surface area contributed by atoms with Gasteiger partial charge in [-0.05, 0) is 18.4 Å². The molecule has 0 spiro atoms. The van der Waals surface area contributed by atoms with Gasteiger partial charge < -0.3 is 10.4 Å². The molecule has 0 heterocycles. The molecule has 0 amide bonds. The third-order valence-electron chi connectivity index (χ3n) is 1.68. The van der Waals surface area contributed by atoms with E-state index in [4.69, 9.17) is 5.11 Å². The van der Waals surface area contributed by atoms with E-state index in [-0.39, 0.29) is 5.92 Å². The van der Waals surface area contributed by atoms with Crippen molar-refractivity contribution in [1.82, 2.24) is 5.32 Å². The quantitative estimate of drug-likeness (QED) is 0.659. The summed E-state index contributed by atoms with van der Waals surface area (Å²) in [6.07, 6.45) is 0. The predicted octanol–water partition coefficient (Wildman–Crippen LogP) is 1.34. The molecule has 1 atom stereocenters. The molecule has 0 aromatic rings. The minimum atomic E-state index is -0.759. The van der Waals surface area contributed by atoms with Crippen LogP contribution < -0.4 is 5.32 Å². The summed E-state index contributed by atoms with van der Waals surface area (Å²) >= 11 is 0. The van der Waals surface area contributed by atoms with Crippen molar-refractivity contribution in [2.75, 3.05) is 6.54 Å². The van der Waals surface area contributed by atoms with Crippen molar-refractivity contribution >= 4 is 5.97 Å². The fraction of sp³-hybridized carbons (Fsp3) is 0.889. The predicted molar refractivity (Wildman–Crippen MR) is 49.1 cm³/mol. The van der Waals surface area contributed by atoms with Gasteiger partial charge in [0.15, 0.2) is 0 Å². The topological polar surface area (TPSA) is 49.3 Å². The van der Waals surface area contributed by atoms with E-state index < -0.39 is 12.0 Å². The van der Waals surface area contributed by atoms with E-state index in [1.807, 2.05) is 13.8 Å².